The summed E-state index contributed by atoms with van der Waals surface area (Å²) in [6, 6.07) is 7.79. The summed E-state index contributed by atoms with van der Waals surface area (Å²) in [6.07, 6.45) is 2.32. The van der Waals surface area contributed by atoms with Crippen LogP contribution in [0.15, 0.2) is 18.2 Å². The number of aryl methyl sites for hydroxylation is 2. The van der Waals surface area contributed by atoms with Gasteiger partial charge in [-0.3, -0.25) is 0 Å². The van der Waals surface area contributed by atoms with Crippen molar-refractivity contribution in [2.45, 2.75) is 38.8 Å². The van der Waals surface area contributed by atoms with Crippen molar-refractivity contribution in [3.8, 4) is 0 Å². The summed E-state index contributed by atoms with van der Waals surface area (Å²) in [4.78, 5) is 2.33. The lowest BCUT2D eigenvalue weighted by atomic mass is 9.73. The first kappa shape index (κ1) is 12.6. The predicted octanol–water partition coefficient (Wildman–Crippen LogP) is 2.64. The Bertz CT molecular complexity index is 392. The molecule has 1 fully saturated rings. The molecule has 94 valence electrons. The molecular formula is C15H24N2. The number of nitrogens with zero attached hydrogens (tertiary/aromatic N) is 1. The molecule has 0 saturated heterocycles. The van der Waals surface area contributed by atoms with Crippen LogP contribution in [-0.2, 0) is 0 Å². The van der Waals surface area contributed by atoms with E-state index in [2.05, 4.69) is 51.0 Å². The fraction of sp³-hybridized carbons (Fsp3) is 0.600. The van der Waals surface area contributed by atoms with Gasteiger partial charge in [-0.2, -0.15) is 0 Å². The summed E-state index contributed by atoms with van der Waals surface area (Å²) in [5.41, 5.74) is 10.1. The van der Waals surface area contributed by atoms with Crippen molar-refractivity contribution in [3.05, 3.63) is 34.9 Å². The third kappa shape index (κ3) is 2.53. The van der Waals surface area contributed by atoms with E-state index in [0.717, 1.165) is 18.8 Å². The molecule has 17 heavy (non-hydrogen) atoms. The Morgan fingerprint density at radius 2 is 1.82 bits per heavy atom. The normalized spacial score (nSPS) is 25.8. The van der Waals surface area contributed by atoms with Crippen LogP contribution in [0.2, 0.25) is 0 Å². The van der Waals surface area contributed by atoms with Crippen molar-refractivity contribution in [1.82, 2.24) is 4.90 Å². The zero-order valence-electron chi connectivity index (χ0n) is 11.4. The third-order valence-electron chi connectivity index (χ3n) is 4.09. The predicted molar refractivity (Wildman–Crippen MR) is 73.0 cm³/mol. The highest BCUT2D eigenvalue weighted by Gasteiger charge is 2.34. The van der Waals surface area contributed by atoms with Gasteiger partial charge in [0, 0.05) is 12.1 Å². The monoisotopic (exact) mass is 232 g/mol. The van der Waals surface area contributed by atoms with E-state index in [1.807, 2.05) is 0 Å². The Balaban J connectivity index is 2.23. The first-order valence-electron chi connectivity index (χ1n) is 6.48. The largest absolute Gasteiger partial charge is 0.328 e. The van der Waals surface area contributed by atoms with E-state index < -0.39 is 0 Å². The van der Waals surface area contributed by atoms with E-state index in [4.69, 9.17) is 5.73 Å². The van der Waals surface area contributed by atoms with Crippen LogP contribution in [0.25, 0.3) is 0 Å². The maximum Gasteiger partial charge on any atom is 0.0371 e. The number of benzene rings is 1. The van der Waals surface area contributed by atoms with Crippen LogP contribution >= 0.6 is 0 Å². The topological polar surface area (TPSA) is 29.3 Å². The second-order valence-corrected chi connectivity index (χ2v) is 5.74. The van der Waals surface area contributed by atoms with Gasteiger partial charge in [0.25, 0.3) is 0 Å². The zero-order chi connectivity index (χ0) is 12.6. The first-order valence-corrected chi connectivity index (χ1v) is 6.48. The van der Waals surface area contributed by atoms with E-state index in [-0.39, 0.29) is 0 Å². The minimum absolute atomic E-state index is 0.425. The van der Waals surface area contributed by atoms with Crippen LogP contribution in [0, 0.1) is 19.8 Å². The molecule has 1 aliphatic rings. The Hall–Kier alpha value is -0.860. The van der Waals surface area contributed by atoms with Crippen molar-refractivity contribution in [2.24, 2.45) is 11.7 Å². The minimum Gasteiger partial charge on any atom is -0.328 e. The van der Waals surface area contributed by atoms with E-state index in [1.165, 1.54) is 16.7 Å². The summed E-state index contributed by atoms with van der Waals surface area (Å²) in [6.45, 7) is 4.36. The Kier molecular flexibility index (Phi) is 3.55. The molecule has 1 aromatic carbocycles. The average Bonchev–Trinajstić information content (AvgIpc) is 2.20. The second-order valence-electron chi connectivity index (χ2n) is 5.74. The highest BCUT2D eigenvalue weighted by molar-refractivity contribution is 5.32. The van der Waals surface area contributed by atoms with Gasteiger partial charge in [-0.25, -0.2) is 0 Å². The molecule has 0 heterocycles. The molecule has 1 aliphatic carbocycles. The molecule has 0 radical (unpaired) electrons. The molecule has 2 nitrogen and oxygen atoms in total. The zero-order valence-corrected chi connectivity index (χ0v) is 11.4. The molecule has 1 aromatic rings. The molecule has 0 spiro atoms. The van der Waals surface area contributed by atoms with Crippen LogP contribution in [0.1, 0.15) is 35.6 Å². The molecule has 2 heteroatoms. The van der Waals surface area contributed by atoms with Gasteiger partial charge in [0.1, 0.15) is 0 Å². The van der Waals surface area contributed by atoms with Gasteiger partial charge in [-0.1, -0.05) is 18.2 Å². The van der Waals surface area contributed by atoms with Crippen LogP contribution < -0.4 is 5.73 Å². The standard InChI is InChI=1S/C15H24N2/c1-10-5-6-12(7-11(10)2)15(17(3)4)13-8-14(16)9-13/h5-7,13-15H,8-9,16H2,1-4H3. The van der Waals surface area contributed by atoms with Gasteiger partial charge in [0.05, 0.1) is 0 Å². The molecule has 0 aromatic heterocycles. The molecule has 1 atom stereocenters. The Morgan fingerprint density at radius 3 is 2.29 bits per heavy atom. The van der Waals surface area contributed by atoms with Crippen LogP contribution in [0.4, 0.5) is 0 Å². The highest BCUT2D eigenvalue weighted by Crippen LogP contribution is 2.40. The maximum atomic E-state index is 5.92. The SMILES string of the molecule is Cc1ccc(C(C2CC(N)C2)N(C)C)cc1C. The Labute approximate surface area is 105 Å². The van der Waals surface area contributed by atoms with Gasteiger partial charge in [-0.15, -0.1) is 0 Å². The Morgan fingerprint density at radius 1 is 1.18 bits per heavy atom. The van der Waals surface area contributed by atoms with Crippen molar-refractivity contribution < 1.29 is 0 Å². The van der Waals surface area contributed by atoms with Crippen LogP contribution in [0.3, 0.4) is 0 Å². The summed E-state index contributed by atoms with van der Waals surface area (Å²) >= 11 is 0. The lowest BCUT2D eigenvalue weighted by Crippen LogP contribution is -2.43. The summed E-state index contributed by atoms with van der Waals surface area (Å²) in [5.74, 6) is 0.724. The maximum absolute atomic E-state index is 5.92. The summed E-state index contributed by atoms with van der Waals surface area (Å²) in [7, 11) is 4.34. The van der Waals surface area contributed by atoms with Crippen molar-refractivity contribution in [2.75, 3.05) is 14.1 Å². The van der Waals surface area contributed by atoms with Crippen molar-refractivity contribution in [3.63, 3.8) is 0 Å². The van der Waals surface area contributed by atoms with Crippen LogP contribution in [0.5, 0.6) is 0 Å². The lowest BCUT2D eigenvalue weighted by Gasteiger charge is -2.42. The fourth-order valence-electron chi connectivity index (χ4n) is 2.91. The molecule has 2 N–H and O–H groups in total. The van der Waals surface area contributed by atoms with E-state index in [1.54, 1.807) is 0 Å². The molecular weight excluding hydrogens is 208 g/mol. The van der Waals surface area contributed by atoms with Gasteiger partial charge in [0.15, 0.2) is 0 Å². The second kappa shape index (κ2) is 4.79. The number of rotatable bonds is 3. The lowest BCUT2D eigenvalue weighted by molar-refractivity contribution is 0.123. The number of hydrogen-bond acceptors (Lipinski definition) is 2. The number of nitrogens with two attached hydrogens (primary N) is 1. The van der Waals surface area contributed by atoms with Gasteiger partial charge in [-0.05, 0) is 63.4 Å². The van der Waals surface area contributed by atoms with E-state index in [9.17, 15) is 0 Å². The van der Waals surface area contributed by atoms with Gasteiger partial charge in [0.2, 0.25) is 0 Å². The minimum atomic E-state index is 0.425. The highest BCUT2D eigenvalue weighted by atomic mass is 15.1. The van der Waals surface area contributed by atoms with E-state index >= 15 is 0 Å². The molecule has 2 rings (SSSR count). The molecule has 1 saturated carbocycles. The summed E-state index contributed by atoms with van der Waals surface area (Å²) < 4.78 is 0. The average molecular weight is 232 g/mol. The van der Waals surface area contributed by atoms with Crippen molar-refractivity contribution >= 4 is 0 Å². The molecule has 0 amide bonds. The van der Waals surface area contributed by atoms with Crippen LogP contribution in [-0.4, -0.2) is 25.0 Å². The molecule has 0 aliphatic heterocycles. The van der Waals surface area contributed by atoms with Gasteiger partial charge < -0.3 is 10.6 Å². The first-order chi connectivity index (χ1) is 7.99. The number of hydrogen-bond donors (Lipinski definition) is 1. The molecule has 0 bridgehead atoms. The van der Waals surface area contributed by atoms with Crippen molar-refractivity contribution in [1.29, 1.82) is 0 Å². The fourth-order valence-corrected chi connectivity index (χ4v) is 2.91. The summed E-state index contributed by atoms with van der Waals surface area (Å²) in [5, 5.41) is 0. The van der Waals surface area contributed by atoms with Gasteiger partial charge >= 0.3 is 0 Å². The quantitative estimate of drug-likeness (QED) is 0.868. The third-order valence-corrected chi connectivity index (χ3v) is 4.09. The molecule has 1 unspecified atom stereocenters. The van der Waals surface area contributed by atoms with E-state index in [0.29, 0.717) is 12.1 Å². The smallest absolute Gasteiger partial charge is 0.0371 e.